The lowest BCUT2D eigenvalue weighted by Crippen LogP contribution is -2.35. The van der Waals surface area contributed by atoms with Crippen molar-refractivity contribution >= 4 is 22.9 Å². The predicted molar refractivity (Wildman–Crippen MR) is 79.1 cm³/mol. The van der Waals surface area contributed by atoms with Crippen LogP contribution in [0.25, 0.3) is 11.0 Å². The molecule has 2 aromatic heterocycles. The Morgan fingerprint density at radius 1 is 1.62 bits per heavy atom. The first-order chi connectivity index (χ1) is 10.1. The minimum absolute atomic E-state index is 0.388. The molecule has 0 aliphatic heterocycles. The second kappa shape index (κ2) is 5.08. The quantitative estimate of drug-likeness (QED) is 0.726. The third-order valence-corrected chi connectivity index (χ3v) is 3.72. The number of hydrogen-bond donors (Lipinski definition) is 3. The summed E-state index contributed by atoms with van der Waals surface area (Å²) in [6, 6.07) is -0.388. The number of nitrogens with two attached hydrogens (primary N) is 1. The highest BCUT2D eigenvalue weighted by Gasteiger charge is 2.29. The summed E-state index contributed by atoms with van der Waals surface area (Å²) in [4.78, 5) is 19.2. The summed E-state index contributed by atoms with van der Waals surface area (Å²) >= 11 is 0. The van der Waals surface area contributed by atoms with Crippen molar-refractivity contribution in [3.63, 3.8) is 0 Å². The Bertz CT molecular complexity index is 705. The van der Waals surface area contributed by atoms with Crippen LogP contribution in [0.2, 0.25) is 0 Å². The fraction of sp³-hybridized carbons (Fsp3) is 0.357. The maximum atomic E-state index is 10.8. The number of aromatic nitrogens is 3. The van der Waals surface area contributed by atoms with Gasteiger partial charge in [-0.15, -0.1) is 6.58 Å². The van der Waals surface area contributed by atoms with Crippen molar-refractivity contribution < 1.29 is 9.90 Å². The number of hydrogen-bond acceptors (Lipinski definition) is 4. The van der Waals surface area contributed by atoms with E-state index in [-0.39, 0.29) is 6.04 Å². The molecular formula is C14H17N5O2. The van der Waals surface area contributed by atoms with Gasteiger partial charge in [0.05, 0.1) is 11.4 Å². The van der Waals surface area contributed by atoms with Gasteiger partial charge < -0.3 is 20.7 Å². The molecule has 1 aliphatic rings. The molecule has 0 spiro atoms. The van der Waals surface area contributed by atoms with Crippen molar-refractivity contribution in [1.29, 1.82) is 0 Å². The van der Waals surface area contributed by atoms with E-state index in [2.05, 4.69) is 21.9 Å². The Hall–Kier alpha value is -2.57. The smallest absolute Gasteiger partial charge is 0.405 e. The lowest BCUT2D eigenvalue weighted by molar-refractivity contribution is 0.191. The molecule has 110 valence electrons. The summed E-state index contributed by atoms with van der Waals surface area (Å²) < 4.78 is 1.92. The molecule has 21 heavy (non-hydrogen) atoms. The van der Waals surface area contributed by atoms with Gasteiger partial charge in [0.1, 0.15) is 17.8 Å². The Balaban J connectivity index is 2.00. The number of carbonyl (C=O) groups is 1. The van der Waals surface area contributed by atoms with E-state index in [0.29, 0.717) is 18.3 Å². The Morgan fingerprint density at radius 2 is 2.38 bits per heavy atom. The fourth-order valence-electron chi connectivity index (χ4n) is 2.57. The zero-order valence-corrected chi connectivity index (χ0v) is 11.5. The fourth-order valence-corrected chi connectivity index (χ4v) is 2.57. The molecule has 0 bridgehead atoms. The van der Waals surface area contributed by atoms with Crippen LogP contribution in [0.5, 0.6) is 0 Å². The lowest BCUT2D eigenvalue weighted by atomic mass is 10.1. The van der Waals surface area contributed by atoms with Gasteiger partial charge in [-0.05, 0) is 24.3 Å². The van der Waals surface area contributed by atoms with E-state index in [9.17, 15) is 4.79 Å². The molecule has 7 nitrogen and oxygen atoms in total. The number of fused-ring (bicyclic) bond motifs is 1. The summed E-state index contributed by atoms with van der Waals surface area (Å²) in [5, 5.41) is 12.1. The number of nitrogen functional groups attached to an aromatic ring is 1. The van der Waals surface area contributed by atoms with E-state index in [1.807, 2.05) is 10.8 Å². The van der Waals surface area contributed by atoms with Crippen LogP contribution in [0.4, 0.5) is 10.6 Å². The average Bonchev–Trinajstić information content (AvgIpc) is 3.22. The largest absolute Gasteiger partial charge is 0.465 e. The average molecular weight is 287 g/mol. The number of carboxylic acid groups (broad SMARTS) is 1. The highest BCUT2D eigenvalue weighted by atomic mass is 16.4. The van der Waals surface area contributed by atoms with Crippen LogP contribution in [0.1, 0.15) is 24.3 Å². The summed E-state index contributed by atoms with van der Waals surface area (Å²) in [5.41, 5.74) is 7.88. The molecule has 7 heteroatoms. The second-order valence-electron chi connectivity index (χ2n) is 5.26. The normalized spacial score (nSPS) is 15.8. The van der Waals surface area contributed by atoms with Crippen LogP contribution in [0.3, 0.4) is 0 Å². The molecule has 0 saturated heterocycles. The number of nitrogens with zero attached hydrogens (tertiary/aromatic N) is 3. The van der Waals surface area contributed by atoms with Crippen LogP contribution in [0.15, 0.2) is 25.2 Å². The third-order valence-electron chi connectivity index (χ3n) is 3.72. The molecule has 4 N–H and O–H groups in total. The number of amides is 1. The molecular weight excluding hydrogens is 270 g/mol. The molecule has 1 aliphatic carbocycles. The topological polar surface area (TPSA) is 106 Å². The predicted octanol–water partition coefficient (Wildman–Crippen LogP) is 1.71. The van der Waals surface area contributed by atoms with Gasteiger partial charge in [-0.25, -0.2) is 14.8 Å². The van der Waals surface area contributed by atoms with Gasteiger partial charge in [-0.3, -0.25) is 0 Å². The monoisotopic (exact) mass is 287 g/mol. The summed E-state index contributed by atoms with van der Waals surface area (Å²) in [7, 11) is 0. The van der Waals surface area contributed by atoms with E-state index in [1.165, 1.54) is 6.33 Å². The van der Waals surface area contributed by atoms with E-state index in [4.69, 9.17) is 10.8 Å². The Morgan fingerprint density at radius 3 is 3.00 bits per heavy atom. The van der Waals surface area contributed by atoms with Crippen LogP contribution in [-0.4, -0.2) is 31.8 Å². The Labute approximate surface area is 121 Å². The van der Waals surface area contributed by atoms with Crippen molar-refractivity contribution in [3.05, 3.63) is 30.7 Å². The van der Waals surface area contributed by atoms with Gasteiger partial charge in [0.2, 0.25) is 0 Å². The van der Waals surface area contributed by atoms with E-state index >= 15 is 0 Å². The number of rotatable bonds is 5. The molecule has 1 atom stereocenters. The van der Waals surface area contributed by atoms with Gasteiger partial charge in [0.25, 0.3) is 0 Å². The maximum absolute atomic E-state index is 10.8. The van der Waals surface area contributed by atoms with E-state index in [0.717, 1.165) is 29.4 Å². The molecule has 1 fully saturated rings. The van der Waals surface area contributed by atoms with Gasteiger partial charge in [0, 0.05) is 12.7 Å². The van der Waals surface area contributed by atoms with Crippen LogP contribution >= 0.6 is 0 Å². The zero-order chi connectivity index (χ0) is 15.0. The zero-order valence-electron chi connectivity index (χ0n) is 11.5. The van der Waals surface area contributed by atoms with Gasteiger partial charge in [0.15, 0.2) is 0 Å². The standard InChI is InChI=1S/C14H17N5O2/c1-2-9(18-14(20)21)5-19-6-10(8-3-4-8)11-12(15)16-7-17-13(11)19/h2,6-9,18H,1,3-5H2,(H,20,21)(H2,15,16,17). The molecule has 1 saturated carbocycles. The molecule has 0 aromatic carbocycles. The van der Waals surface area contributed by atoms with Crippen molar-refractivity contribution in [2.75, 3.05) is 5.73 Å². The Kier molecular flexibility index (Phi) is 3.25. The molecule has 2 aromatic rings. The first kappa shape index (κ1) is 13.4. The first-order valence-electron chi connectivity index (χ1n) is 6.81. The van der Waals surface area contributed by atoms with Gasteiger partial charge in [-0.1, -0.05) is 6.08 Å². The van der Waals surface area contributed by atoms with E-state index < -0.39 is 6.09 Å². The van der Waals surface area contributed by atoms with Gasteiger partial charge in [-0.2, -0.15) is 0 Å². The van der Waals surface area contributed by atoms with Crippen LogP contribution in [-0.2, 0) is 6.54 Å². The minimum atomic E-state index is -1.08. The first-order valence-corrected chi connectivity index (χ1v) is 6.81. The SMILES string of the molecule is C=CC(Cn1cc(C2CC2)c2c(N)ncnc21)NC(=O)O. The summed E-state index contributed by atoms with van der Waals surface area (Å²) in [6.45, 7) is 4.09. The third kappa shape index (κ3) is 2.54. The highest BCUT2D eigenvalue weighted by Crippen LogP contribution is 2.44. The summed E-state index contributed by atoms with van der Waals surface area (Å²) in [5.74, 6) is 0.985. The van der Waals surface area contributed by atoms with Crippen molar-refractivity contribution in [1.82, 2.24) is 19.9 Å². The molecule has 2 heterocycles. The van der Waals surface area contributed by atoms with Crippen molar-refractivity contribution in [2.45, 2.75) is 31.3 Å². The maximum Gasteiger partial charge on any atom is 0.405 e. The van der Waals surface area contributed by atoms with Crippen molar-refractivity contribution in [2.24, 2.45) is 0 Å². The molecule has 0 radical (unpaired) electrons. The van der Waals surface area contributed by atoms with E-state index in [1.54, 1.807) is 6.08 Å². The lowest BCUT2D eigenvalue weighted by Gasteiger charge is -2.13. The highest BCUT2D eigenvalue weighted by molar-refractivity contribution is 5.90. The number of nitrogens with one attached hydrogen (secondary N) is 1. The van der Waals surface area contributed by atoms with Crippen LogP contribution < -0.4 is 11.1 Å². The molecule has 3 rings (SSSR count). The number of anilines is 1. The molecule has 1 unspecified atom stereocenters. The van der Waals surface area contributed by atoms with Gasteiger partial charge >= 0.3 is 6.09 Å². The molecule has 1 amide bonds. The minimum Gasteiger partial charge on any atom is -0.465 e. The van der Waals surface area contributed by atoms with Crippen molar-refractivity contribution in [3.8, 4) is 0 Å². The van der Waals surface area contributed by atoms with Crippen LogP contribution in [0, 0.1) is 0 Å². The summed E-state index contributed by atoms with van der Waals surface area (Å²) in [6.07, 6.45) is 6.22. The second-order valence-corrected chi connectivity index (χ2v) is 5.26.